The monoisotopic (exact) mass is 375 g/mol. The highest BCUT2D eigenvalue weighted by Crippen LogP contribution is 2.30. The van der Waals surface area contributed by atoms with Crippen molar-refractivity contribution in [3.63, 3.8) is 0 Å². The molecular formula is C16H16F3NO4S. The smallest absolute Gasteiger partial charge is 0.244 e. The highest BCUT2D eigenvalue weighted by atomic mass is 32.2. The van der Waals surface area contributed by atoms with Crippen molar-refractivity contribution in [1.82, 2.24) is 4.72 Å². The van der Waals surface area contributed by atoms with Crippen molar-refractivity contribution in [3.8, 4) is 11.5 Å². The molecule has 0 aliphatic heterocycles. The highest BCUT2D eigenvalue weighted by molar-refractivity contribution is 7.89. The van der Waals surface area contributed by atoms with E-state index in [1.807, 2.05) is 0 Å². The summed E-state index contributed by atoms with van der Waals surface area (Å²) < 4.78 is 77.3. The van der Waals surface area contributed by atoms with E-state index < -0.39 is 38.4 Å². The molecule has 1 atom stereocenters. The van der Waals surface area contributed by atoms with Gasteiger partial charge in [-0.2, -0.15) is 0 Å². The van der Waals surface area contributed by atoms with Gasteiger partial charge >= 0.3 is 0 Å². The van der Waals surface area contributed by atoms with Crippen LogP contribution >= 0.6 is 0 Å². The summed E-state index contributed by atoms with van der Waals surface area (Å²) in [6.07, 6.45) is 0. The predicted octanol–water partition coefficient (Wildman–Crippen LogP) is 3.16. The molecule has 0 saturated heterocycles. The van der Waals surface area contributed by atoms with Crippen molar-refractivity contribution in [2.45, 2.75) is 17.9 Å². The maximum Gasteiger partial charge on any atom is 0.244 e. The molecule has 136 valence electrons. The Kier molecular flexibility index (Phi) is 5.58. The Morgan fingerprint density at radius 2 is 1.68 bits per heavy atom. The van der Waals surface area contributed by atoms with E-state index in [0.29, 0.717) is 29.2 Å². The topological polar surface area (TPSA) is 64.6 Å². The van der Waals surface area contributed by atoms with Crippen molar-refractivity contribution >= 4 is 10.0 Å². The van der Waals surface area contributed by atoms with E-state index in [2.05, 4.69) is 4.72 Å². The molecule has 2 rings (SSSR count). The zero-order valence-electron chi connectivity index (χ0n) is 13.6. The largest absolute Gasteiger partial charge is 0.497 e. The Balaban J connectivity index is 2.40. The summed E-state index contributed by atoms with van der Waals surface area (Å²) in [5.74, 6) is -4.27. The van der Waals surface area contributed by atoms with Crippen LogP contribution in [0.1, 0.15) is 18.5 Å². The van der Waals surface area contributed by atoms with Gasteiger partial charge in [0.1, 0.15) is 16.4 Å². The standard InChI is InChI=1S/C16H16F3NO4S/c1-9(11-8-10(23-2)4-6-13(11)24-3)20-25(21,22)14-7-5-12(17)15(18)16(14)19/h4-9,20H,1-3H3/t9-/m0/s1. The minimum Gasteiger partial charge on any atom is -0.497 e. The minimum absolute atomic E-state index is 0.377. The van der Waals surface area contributed by atoms with Gasteiger partial charge in [-0.05, 0) is 37.3 Å². The van der Waals surface area contributed by atoms with E-state index in [9.17, 15) is 21.6 Å². The van der Waals surface area contributed by atoms with Crippen molar-refractivity contribution in [2.75, 3.05) is 14.2 Å². The molecule has 0 fully saturated rings. The number of benzene rings is 2. The van der Waals surface area contributed by atoms with Crippen LogP contribution in [-0.4, -0.2) is 22.6 Å². The number of sulfonamides is 1. The van der Waals surface area contributed by atoms with E-state index in [1.165, 1.54) is 21.1 Å². The van der Waals surface area contributed by atoms with Crippen LogP contribution in [0.15, 0.2) is 35.2 Å². The molecule has 0 aliphatic carbocycles. The normalized spacial score (nSPS) is 12.7. The summed E-state index contributed by atoms with van der Waals surface area (Å²) in [7, 11) is -1.60. The van der Waals surface area contributed by atoms with E-state index in [4.69, 9.17) is 9.47 Å². The molecule has 1 N–H and O–H groups in total. The molecule has 0 radical (unpaired) electrons. The second-order valence-electron chi connectivity index (χ2n) is 5.12. The van der Waals surface area contributed by atoms with Gasteiger partial charge in [0.25, 0.3) is 0 Å². The van der Waals surface area contributed by atoms with Gasteiger partial charge in [-0.1, -0.05) is 0 Å². The summed E-state index contributed by atoms with van der Waals surface area (Å²) >= 11 is 0. The van der Waals surface area contributed by atoms with Gasteiger partial charge in [0.05, 0.1) is 14.2 Å². The first-order valence-corrected chi connectivity index (χ1v) is 8.57. The molecule has 0 bridgehead atoms. The van der Waals surface area contributed by atoms with E-state index in [0.717, 1.165) is 0 Å². The zero-order chi connectivity index (χ0) is 18.8. The molecule has 2 aromatic carbocycles. The molecule has 0 saturated carbocycles. The minimum atomic E-state index is -4.45. The molecule has 5 nitrogen and oxygen atoms in total. The third kappa shape index (κ3) is 3.88. The van der Waals surface area contributed by atoms with Gasteiger partial charge in [0, 0.05) is 11.6 Å². The van der Waals surface area contributed by atoms with Crippen molar-refractivity contribution in [2.24, 2.45) is 0 Å². The summed E-state index contributed by atoms with van der Waals surface area (Å²) in [5, 5.41) is 0. The number of rotatable bonds is 6. The van der Waals surface area contributed by atoms with Crippen molar-refractivity contribution in [1.29, 1.82) is 0 Å². The number of methoxy groups -OCH3 is 2. The number of hydrogen-bond donors (Lipinski definition) is 1. The summed E-state index contributed by atoms with van der Waals surface area (Å²) in [4.78, 5) is -0.986. The van der Waals surface area contributed by atoms with Gasteiger partial charge in [-0.25, -0.2) is 26.3 Å². The van der Waals surface area contributed by atoms with Crippen molar-refractivity contribution in [3.05, 3.63) is 53.3 Å². The Bertz CT molecular complexity index is 887. The van der Waals surface area contributed by atoms with Crippen LogP contribution in [0.4, 0.5) is 13.2 Å². The lowest BCUT2D eigenvalue weighted by molar-refractivity contribution is 0.394. The molecule has 9 heteroatoms. The first kappa shape index (κ1) is 19.1. The fourth-order valence-corrected chi connectivity index (χ4v) is 3.55. The van der Waals surface area contributed by atoms with Gasteiger partial charge in [-0.3, -0.25) is 0 Å². The first-order chi connectivity index (χ1) is 11.7. The summed E-state index contributed by atoms with van der Waals surface area (Å²) in [5.41, 5.74) is 0.424. The van der Waals surface area contributed by atoms with Crippen LogP contribution in [0.5, 0.6) is 11.5 Å². The number of halogens is 3. The number of hydrogen-bond acceptors (Lipinski definition) is 4. The van der Waals surface area contributed by atoms with Crippen LogP contribution in [0.25, 0.3) is 0 Å². The van der Waals surface area contributed by atoms with Gasteiger partial charge in [0.2, 0.25) is 10.0 Å². The quantitative estimate of drug-likeness (QED) is 0.788. The molecule has 0 heterocycles. The second-order valence-corrected chi connectivity index (χ2v) is 6.81. The summed E-state index contributed by atoms with van der Waals surface area (Å²) in [6, 6.07) is 5.10. The lowest BCUT2D eigenvalue weighted by Crippen LogP contribution is -2.28. The second kappa shape index (κ2) is 7.32. The van der Waals surface area contributed by atoms with Gasteiger partial charge < -0.3 is 9.47 Å². The molecule has 25 heavy (non-hydrogen) atoms. The number of ether oxygens (including phenoxy) is 2. The lowest BCUT2D eigenvalue weighted by Gasteiger charge is -2.18. The van der Waals surface area contributed by atoms with Crippen LogP contribution in [-0.2, 0) is 10.0 Å². The fraction of sp³-hybridized carbons (Fsp3) is 0.250. The fourth-order valence-electron chi connectivity index (χ4n) is 2.25. The molecule has 0 amide bonds. The van der Waals surface area contributed by atoms with Crippen LogP contribution in [0.2, 0.25) is 0 Å². The van der Waals surface area contributed by atoms with Crippen molar-refractivity contribution < 1.29 is 31.1 Å². The van der Waals surface area contributed by atoms with Crippen LogP contribution < -0.4 is 14.2 Å². The Morgan fingerprint density at radius 3 is 2.28 bits per heavy atom. The maximum atomic E-state index is 13.8. The molecule has 0 spiro atoms. The molecule has 2 aromatic rings. The predicted molar refractivity (Wildman–Crippen MR) is 84.6 cm³/mol. The molecule has 0 aromatic heterocycles. The third-order valence-electron chi connectivity index (χ3n) is 3.52. The Hall–Kier alpha value is -2.26. The number of nitrogens with one attached hydrogen (secondary N) is 1. The van der Waals surface area contributed by atoms with Gasteiger partial charge in [0.15, 0.2) is 17.5 Å². The summed E-state index contributed by atoms with van der Waals surface area (Å²) in [6.45, 7) is 1.49. The zero-order valence-corrected chi connectivity index (χ0v) is 14.5. The first-order valence-electron chi connectivity index (χ1n) is 7.09. The Morgan fingerprint density at radius 1 is 1.00 bits per heavy atom. The molecular weight excluding hydrogens is 359 g/mol. The van der Waals surface area contributed by atoms with E-state index in [-0.39, 0.29) is 0 Å². The van der Waals surface area contributed by atoms with Crippen LogP contribution in [0, 0.1) is 17.5 Å². The van der Waals surface area contributed by atoms with Crippen LogP contribution in [0.3, 0.4) is 0 Å². The highest BCUT2D eigenvalue weighted by Gasteiger charge is 2.27. The molecule has 0 aliphatic rings. The van der Waals surface area contributed by atoms with Gasteiger partial charge in [-0.15, -0.1) is 0 Å². The SMILES string of the molecule is COc1ccc(OC)c([C@H](C)NS(=O)(=O)c2ccc(F)c(F)c2F)c1. The van der Waals surface area contributed by atoms with E-state index >= 15 is 0 Å². The average Bonchev–Trinajstić information content (AvgIpc) is 2.58. The lowest BCUT2D eigenvalue weighted by atomic mass is 10.1. The van der Waals surface area contributed by atoms with E-state index in [1.54, 1.807) is 18.2 Å². The maximum absolute atomic E-state index is 13.8. The molecule has 0 unspecified atom stereocenters. The Labute approximate surface area is 143 Å². The third-order valence-corrected chi connectivity index (χ3v) is 5.08. The average molecular weight is 375 g/mol.